The number of nitrogens with zero attached hydrogens (tertiary/aromatic N) is 2. The van der Waals surface area contributed by atoms with Gasteiger partial charge in [-0.1, -0.05) is 0 Å². The largest absolute Gasteiger partial charge is 0.442 e. The second-order valence-electron chi connectivity index (χ2n) is 3.43. The first kappa shape index (κ1) is 8.77. The molecule has 4 heteroatoms. The van der Waals surface area contributed by atoms with Crippen molar-refractivity contribution in [3.8, 4) is 0 Å². The molecule has 1 heterocycles. The summed E-state index contributed by atoms with van der Waals surface area (Å²) in [5, 5.41) is 3.74. The van der Waals surface area contributed by atoms with Crippen molar-refractivity contribution in [2.45, 2.75) is 26.4 Å². The minimum absolute atomic E-state index is 0.451. The van der Waals surface area contributed by atoms with Gasteiger partial charge < -0.3 is 4.74 Å². The predicted molar refractivity (Wildman–Crippen MR) is 43.9 cm³/mol. The molecule has 0 aromatic carbocycles. The zero-order chi connectivity index (χ0) is 9.19. The van der Waals surface area contributed by atoms with E-state index in [-0.39, 0.29) is 0 Å². The summed E-state index contributed by atoms with van der Waals surface area (Å²) in [4.78, 5) is 11.2. The SMILES string of the molecule is CC(C)(C)OC(=O)n1cccn1. The molecule has 0 aliphatic rings. The van der Waals surface area contributed by atoms with Gasteiger partial charge in [0.2, 0.25) is 0 Å². The zero-order valence-corrected chi connectivity index (χ0v) is 7.44. The quantitative estimate of drug-likeness (QED) is 0.591. The third-order valence-corrected chi connectivity index (χ3v) is 1.08. The highest BCUT2D eigenvalue weighted by Gasteiger charge is 2.17. The standard InChI is InChI=1S/C8H12N2O2/c1-8(2,3)12-7(11)10-6-4-5-9-10/h4-6H,1-3H3. The molecule has 0 N–H and O–H groups in total. The highest BCUT2D eigenvalue weighted by Crippen LogP contribution is 2.07. The normalized spacial score (nSPS) is 11.2. The summed E-state index contributed by atoms with van der Waals surface area (Å²) in [6, 6.07) is 1.67. The Kier molecular flexibility index (Phi) is 2.17. The molecule has 0 bridgehead atoms. The molecule has 0 radical (unpaired) electrons. The zero-order valence-electron chi connectivity index (χ0n) is 7.44. The van der Waals surface area contributed by atoms with Gasteiger partial charge in [-0.05, 0) is 26.8 Å². The average molecular weight is 168 g/mol. The lowest BCUT2D eigenvalue weighted by Crippen LogP contribution is -2.27. The van der Waals surface area contributed by atoms with E-state index in [9.17, 15) is 4.79 Å². The van der Waals surface area contributed by atoms with Gasteiger partial charge in [-0.15, -0.1) is 0 Å². The Hall–Kier alpha value is -1.32. The molecule has 0 amide bonds. The van der Waals surface area contributed by atoms with Crippen molar-refractivity contribution >= 4 is 6.09 Å². The van der Waals surface area contributed by atoms with Crippen LogP contribution in [0.5, 0.6) is 0 Å². The molecule has 4 nitrogen and oxygen atoms in total. The van der Waals surface area contributed by atoms with Crippen LogP contribution in [0, 0.1) is 0 Å². The van der Waals surface area contributed by atoms with Gasteiger partial charge in [0.25, 0.3) is 0 Å². The van der Waals surface area contributed by atoms with Crippen LogP contribution >= 0.6 is 0 Å². The fraction of sp³-hybridized carbons (Fsp3) is 0.500. The molecule has 66 valence electrons. The summed E-state index contributed by atoms with van der Waals surface area (Å²) in [6.45, 7) is 5.44. The van der Waals surface area contributed by atoms with Crippen LogP contribution in [0.15, 0.2) is 18.5 Å². The summed E-state index contributed by atoms with van der Waals surface area (Å²) in [7, 11) is 0. The molecule has 0 saturated carbocycles. The van der Waals surface area contributed by atoms with Crippen LogP contribution in [0.3, 0.4) is 0 Å². The van der Waals surface area contributed by atoms with Crippen LogP contribution in [0.4, 0.5) is 4.79 Å². The van der Waals surface area contributed by atoms with E-state index in [0.717, 1.165) is 4.68 Å². The van der Waals surface area contributed by atoms with E-state index in [1.165, 1.54) is 6.20 Å². The van der Waals surface area contributed by atoms with Gasteiger partial charge in [0, 0.05) is 12.4 Å². The van der Waals surface area contributed by atoms with Gasteiger partial charge in [-0.2, -0.15) is 9.78 Å². The van der Waals surface area contributed by atoms with Crippen LogP contribution in [-0.2, 0) is 4.74 Å². The number of ether oxygens (including phenoxy) is 1. The van der Waals surface area contributed by atoms with E-state index in [2.05, 4.69) is 5.10 Å². The summed E-state index contributed by atoms with van der Waals surface area (Å²) in [6.07, 6.45) is 2.63. The summed E-state index contributed by atoms with van der Waals surface area (Å²) in [5.74, 6) is 0. The fourth-order valence-corrected chi connectivity index (χ4v) is 0.686. The second-order valence-corrected chi connectivity index (χ2v) is 3.43. The average Bonchev–Trinajstić information content (AvgIpc) is 2.32. The molecule has 1 aromatic rings. The van der Waals surface area contributed by atoms with Gasteiger partial charge >= 0.3 is 6.09 Å². The molecule has 0 aliphatic heterocycles. The topological polar surface area (TPSA) is 44.1 Å². The van der Waals surface area contributed by atoms with E-state index in [4.69, 9.17) is 4.74 Å². The Morgan fingerprint density at radius 2 is 2.17 bits per heavy atom. The van der Waals surface area contributed by atoms with Crippen LogP contribution < -0.4 is 0 Å². The first-order chi connectivity index (χ1) is 5.49. The molecule has 1 rings (SSSR count). The third-order valence-electron chi connectivity index (χ3n) is 1.08. The summed E-state index contributed by atoms with van der Waals surface area (Å²) < 4.78 is 6.20. The number of rotatable bonds is 0. The van der Waals surface area contributed by atoms with Crippen molar-refractivity contribution in [2.75, 3.05) is 0 Å². The van der Waals surface area contributed by atoms with E-state index in [0.29, 0.717) is 0 Å². The maximum Gasteiger partial charge on any atom is 0.435 e. The third kappa shape index (κ3) is 2.38. The lowest BCUT2D eigenvalue weighted by atomic mass is 10.2. The number of aromatic nitrogens is 2. The van der Waals surface area contributed by atoms with E-state index in [1.807, 2.05) is 20.8 Å². The molecule has 0 atom stereocenters. The molecule has 1 aromatic heterocycles. The van der Waals surface area contributed by atoms with Gasteiger partial charge in [0.05, 0.1) is 0 Å². The maximum atomic E-state index is 11.2. The first-order valence-corrected chi connectivity index (χ1v) is 3.72. The monoisotopic (exact) mass is 168 g/mol. The number of carbonyl (C=O) groups excluding carboxylic acids is 1. The number of hydrogen-bond donors (Lipinski definition) is 0. The molecule has 0 saturated heterocycles. The van der Waals surface area contributed by atoms with Gasteiger partial charge in [0.1, 0.15) is 5.60 Å². The lowest BCUT2D eigenvalue weighted by molar-refractivity contribution is 0.0514. The molecule has 0 fully saturated rings. The van der Waals surface area contributed by atoms with Crippen molar-refractivity contribution in [3.63, 3.8) is 0 Å². The minimum Gasteiger partial charge on any atom is -0.442 e. The van der Waals surface area contributed by atoms with Crippen LogP contribution in [0.1, 0.15) is 20.8 Å². The summed E-state index contributed by atoms with van der Waals surface area (Å²) >= 11 is 0. The predicted octanol–water partition coefficient (Wildman–Crippen LogP) is 1.67. The van der Waals surface area contributed by atoms with Crippen LogP contribution in [-0.4, -0.2) is 21.5 Å². The highest BCUT2D eigenvalue weighted by molar-refractivity contribution is 5.69. The molecular weight excluding hydrogens is 156 g/mol. The molecule has 0 unspecified atom stereocenters. The minimum atomic E-state index is -0.469. The van der Waals surface area contributed by atoms with Crippen molar-refractivity contribution < 1.29 is 9.53 Å². The van der Waals surface area contributed by atoms with Gasteiger partial charge in [-0.25, -0.2) is 4.79 Å². The van der Waals surface area contributed by atoms with Crippen LogP contribution in [0.2, 0.25) is 0 Å². The second kappa shape index (κ2) is 2.97. The fourth-order valence-electron chi connectivity index (χ4n) is 0.686. The first-order valence-electron chi connectivity index (χ1n) is 3.72. The van der Waals surface area contributed by atoms with E-state index < -0.39 is 11.7 Å². The van der Waals surface area contributed by atoms with E-state index in [1.54, 1.807) is 12.3 Å². The van der Waals surface area contributed by atoms with Crippen molar-refractivity contribution in [1.29, 1.82) is 0 Å². The Morgan fingerprint density at radius 1 is 1.50 bits per heavy atom. The molecule has 12 heavy (non-hydrogen) atoms. The van der Waals surface area contributed by atoms with Gasteiger partial charge in [-0.3, -0.25) is 0 Å². The van der Waals surface area contributed by atoms with Crippen molar-refractivity contribution in [1.82, 2.24) is 9.78 Å². The van der Waals surface area contributed by atoms with Crippen LogP contribution in [0.25, 0.3) is 0 Å². The highest BCUT2D eigenvalue weighted by atomic mass is 16.6. The number of carbonyl (C=O) groups is 1. The Bertz CT molecular complexity index is 259. The van der Waals surface area contributed by atoms with E-state index >= 15 is 0 Å². The Morgan fingerprint density at radius 3 is 2.58 bits per heavy atom. The smallest absolute Gasteiger partial charge is 0.435 e. The van der Waals surface area contributed by atoms with Gasteiger partial charge in [0.15, 0.2) is 0 Å². The summed E-state index contributed by atoms with van der Waals surface area (Å²) in [5.41, 5.74) is -0.469. The molecule has 0 spiro atoms. The number of hydrogen-bond acceptors (Lipinski definition) is 3. The molecular formula is C8H12N2O2. The maximum absolute atomic E-state index is 11.2. The Labute approximate surface area is 71.1 Å². The molecule has 0 aliphatic carbocycles. The Balaban J connectivity index is 2.63. The van der Waals surface area contributed by atoms with Crippen molar-refractivity contribution in [3.05, 3.63) is 18.5 Å². The lowest BCUT2D eigenvalue weighted by Gasteiger charge is -2.18. The van der Waals surface area contributed by atoms with Crippen molar-refractivity contribution in [2.24, 2.45) is 0 Å².